The van der Waals surface area contributed by atoms with Gasteiger partial charge in [-0.25, -0.2) is 0 Å². The molecule has 0 spiro atoms. The molecule has 1 atom stereocenters. The van der Waals surface area contributed by atoms with Gasteiger partial charge in [-0.05, 0) is 35.7 Å². The Bertz CT molecular complexity index is 952. The molecule has 3 aromatic carbocycles. The summed E-state index contributed by atoms with van der Waals surface area (Å²) < 4.78 is 5.58. The highest BCUT2D eigenvalue weighted by atomic mass is 16.5. The van der Waals surface area contributed by atoms with Crippen LogP contribution in [0.5, 0.6) is 5.75 Å². The number of aryl methyl sites for hydroxylation is 1. The summed E-state index contributed by atoms with van der Waals surface area (Å²) in [5.74, 6) is -0.0655. The molecule has 0 radical (unpaired) electrons. The third-order valence-corrected chi connectivity index (χ3v) is 4.56. The number of rotatable bonds is 7. The van der Waals surface area contributed by atoms with Crippen LogP contribution in [0.1, 0.15) is 17.2 Å². The zero-order valence-electron chi connectivity index (χ0n) is 16.5. The quantitative estimate of drug-likeness (QED) is 0.649. The summed E-state index contributed by atoms with van der Waals surface area (Å²) in [7, 11) is 1.54. The minimum absolute atomic E-state index is 0.176. The molecule has 5 heteroatoms. The molecule has 1 unspecified atom stereocenters. The summed E-state index contributed by atoms with van der Waals surface area (Å²) >= 11 is 0. The number of benzene rings is 3. The number of hydrogen-bond acceptors (Lipinski definition) is 3. The van der Waals surface area contributed by atoms with Gasteiger partial charge < -0.3 is 15.4 Å². The average Bonchev–Trinajstić information content (AvgIpc) is 2.77. The minimum atomic E-state index is -0.763. The summed E-state index contributed by atoms with van der Waals surface area (Å²) in [6.45, 7) is 1.88. The number of nitrogens with one attached hydrogen (secondary N) is 2. The first-order valence-corrected chi connectivity index (χ1v) is 9.42. The zero-order chi connectivity index (χ0) is 20.6. The second-order valence-corrected chi connectivity index (χ2v) is 6.70. The van der Waals surface area contributed by atoms with Crippen molar-refractivity contribution in [3.05, 3.63) is 90.0 Å². The Morgan fingerprint density at radius 3 is 2.03 bits per heavy atom. The smallest absolute Gasteiger partial charge is 0.258 e. The Kier molecular flexibility index (Phi) is 6.63. The Balaban J connectivity index is 1.59. The van der Waals surface area contributed by atoms with Crippen molar-refractivity contribution >= 4 is 11.8 Å². The van der Waals surface area contributed by atoms with E-state index in [1.54, 1.807) is 12.1 Å². The molecule has 5 nitrogen and oxygen atoms in total. The molecular formula is C24H24N2O3. The lowest BCUT2D eigenvalue weighted by atomic mass is 10.0. The summed E-state index contributed by atoms with van der Waals surface area (Å²) in [6, 6.07) is 24.2. The molecule has 2 amide bonds. The normalized spacial score (nSPS) is 11.4. The van der Waals surface area contributed by atoms with Gasteiger partial charge in [0.15, 0.2) is 6.61 Å². The fraction of sp³-hybridized carbons (Fsp3) is 0.167. The number of likely N-dealkylation sites (N-methyl/N-ethyl adjacent to an activating group) is 1. The van der Waals surface area contributed by atoms with Crippen LogP contribution in [0.15, 0.2) is 78.9 Å². The molecule has 0 saturated carbocycles. The molecule has 29 heavy (non-hydrogen) atoms. The van der Waals surface area contributed by atoms with Gasteiger partial charge >= 0.3 is 0 Å². The van der Waals surface area contributed by atoms with E-state index in [0.29, 0.717) is 11.3 Å². The lowest BCUT2D eigenvalue weighted by Crippen LogP contribution is -2.40. The molecule has 0 heterocycles. The molecule has 3 aromatic rings. The zero-order valence-corrected chi connectivity index (χ0v) is 16.5. The standard InChI is InChI=1S/C24H24N2O3/c1-17-8-10-18(11-9-17)19-12-14-21(15-13-19)29-16-22(27)26-23(24(28)25-2)20-6-4-3-5-7-20/h3-15,23H,16H2,1-2H3,(H,25,28)(H,26,27). The second kappa shape index (κ2) is 9.55. The number of ether oxygens (including phenoxy) is 1. The molecule has 2 N–H and O–H groups in total. The van der Waals surface area contributed by atoms with Crippen molar-refractivity contribution in [3.63, 3.8) is 0 Å². The van der Waals surface area contributed by atoms with Crippen LogP contribution in [0.4, 0.5) is 0 Å². The van der Waals surface area contributed by atoms with Gasteiger partial charge in [0.05, 0.1) is 0 Å². The SMILES string of the molecule is CNC(=O)C(NC(=O)COc1ccc(-c2ccc(C)cc2)cc1)c1ccccc1. The van der Waals surface area contributed by atoms with Crippen LogP contribution in [0.3, 0.4) is 0 Å². The molecule has 3 rings (SSSR count). The predicted octanol–water partition coefficient (Wildman–Crippen LogP) is 3.64. The average molecular weight is 388 g/mol. The fourth-order valence-electron chi connectivity index (χ4n) is 2.93. The van der Waals surface area contributed by atoms with Gasteiger partial charge in [-0.15, -0.1) is 0 Å². The Morgan fingerprint density at radius 1 is 0.862 bits per heavy atom. The van der Waals surface area contributed by atoms with Crippen LogP contribution >= 0.6 is 0 Å². The maximum atomic E-state index is 12.3. The van der Waals surface area contributed by atoms with Crippen molar-refractivity contribution in [3.8, 4) is 16.9 Å². The van der Waals surface area contributed by atoms with E-state index in [1.807, 2.05) is 42.5 Å². The van der Waals surface area contributed by atoms with E-state index in [4.69, 9.17) is 4.74 Å². The van der Waals surface area contributed by atoms with E-state index >= 15 is 0 Å². The highest BCUT2D eigenvalue weighted by molar-refractivity contribution is 5.89. The predicted molar refractivity (Wildman–Crippen MR) is 114 cm³/mol. The van der Waals surface area contributed by atoms with Crippen LogP contribution in [0.25, 0.3) is 11.1 Å². The number of carbonyl (C=O) groups is 2. The molecular weight excluding hydrogens is 364 g/mol. The van der Waals surface area contributed by atoms with E-state index in [-0.39, 0.29) is 18.4 Å². The highest BCUT2D eigenvalue weighted by Crippen LogP contribution is 2.22. The first kappa shape index (κ1) is 20.1. The van der Waals surface area contributed by atoms with E-state index in [9.17, 15) is 9.59 Å². The van der Waals surface area contributed by atoms with Crippen molar-refractivity contribution in [1.82, 2.24) is 10.6 Å². The Morgan fingerprint density at radius 2 is 1.45 bits per heavy atom. The molecule has 0 aromatic heterocycles. The summed E-state index contributed by atoms with van der Waals surface area (Å²) in [5.41, 5.74) is 4.12. The molecule has 0 aliphatic carbocycles. The Labute approximate surface area is 170 Å². The van der Waals surface area contributed by atoms with Gasteiger partial charge in [0, 0.05) is 7.05 Å². The number of carbonyl (C=O) groups excluding carboxylic acids is 2. The summed E-state index contributed by atoms with van der Waals surface area (Å²) in [6.07, 6.45) is 0. The maximum Gasteiger partial charge on any atom is 0.258 e. The van der Waals surface area contributed by atoms with E-state index < -0.39 is 6.04 Å². The maximum absolute atomic E-state index is 12.3. The van der Waals surface area contributed by atoms with Gasteiger partial charge in [-0.2, -0.15) is 0 Å². The van der Waals surface area contributed by atoms with Gasteiger partial charge in [0.1, 0.15) is 11.8 Å². The van der Waals surface area contributed by atoms with Crippen molar-refractivity contribution in [2.75, 3.05) is 13.7 Å². The van der Waals surface area contributed by atoms with Crippen LogP contribution in [-0.2, 0) is 9.59 Å². The molecule has 0 saturated heterocycles. The third kappa shape index (κ3) is 5.45. The van der Waals surface area contributed by atoms with Crippen molar-refractivity contribution < 1.29 is 14.3 Å². The molecule has 0 bridgehead atoms. The van der Waals surface area contributed by atoms with E-state index in [0.717, 1.165) is 11.1 Å². The second-order valence-electron chi connectivity index (χ2n) is 6.70. The van der Waals surface area contributed by atoms with Crippen molar-refractivity contribution in [2.24, 2.45) is 0 Å². The molecule has 0 aliphatic heterocycles. The molecule has 0 fully saturated rings. The van der Waals surface area contributed by atoms with Crippen molar-refractivity contribution in [2.45, 2.75) is 13.0 Å². The van der Waals surface area contributed by atoms with Crippen LogP contribution in [-0.4, -0.2) is 25.5 Å². The summed E-state index contributed by atoms with van der Waals surface area (Å²) in [5, 5.41) is 5.29. The first-order chi connectivity index (χ1) is 14.1. The van der Waals surface area contributed by atoms with Gasteiger partial charge in [-0.1, -0.05) is 72.3 Å². The number of amides is 2. The molecule has 148 valence electrons. The molecule has 0 aliphatic rings. The highest BCUT2D eigenvalue weighted by Gasteiger charge is 2.21. The van der Waals surface area contributed by atoms with E-state index in [1.165, 1.54) is 12.6 Å². The number of hydrogen-bond donors (Lipinski definition) is 2. The van der Waals surface area contributed by atoms with Gasteiger partial charge in [0.25, 0.3) is 5.91 Å². The summed E-state index contributed by atoms with van der Waals surface area (Å²) in [4.78, 5) is 24.5. The Hall–Kier alpha value is -3.60. The fourth-order valence-corrected chi connectivity index (χ4v) is 2.93. The largest absolute Gasteiger partial charge is 0.484 e. The van der Waals surface area contributed by atoms with Gasteiger partial charge in [0.2, 0.25) is 5.91 Å². The van der Waals surface area contributed by atoms with Crippen LogP contribution in [0.2, 0.25) is 0 Å². The lowest BCUT2D eigenvalue weighted by molar-refractivity contribution is -0.129. The third-order valence-electron chi connectivity index (χ3n) is 4.56. The van der Waals surface area contributed by atoms with Gasteiger partial charge in [-0.3, -0.25) is 9.59 Å². The van der Waals surface area contributed by atoms with Crippen LogP contribution in [0, 0.1) is 6.92 Å². The van der Waals surface area contributed by atoms with Crippen LogP contribution < -0.4 is 15.4 Å². The van der Waals surface area contributed by atoms with E-state index in [2.05, 4.69) is 41.8 Å². The monoisotopic (exact) mass is 388 g/mol. The lowest BCUT2D eigenvalue weighted by Gasteiger charge is -2.18. The van der Waals surface area contributed by atoms with Crippen molar-refractivity contribution in [1.29, 1.82) is 0 Å². The topological polar surface area (TPSA) is 67.4 Å². The minimum Gasteiger partial charge on any atom is -0.484 e. The first-order valence-electron chi connectivity index (χ1n) is 9.42.